The molecule has 0 amide bonds. The van der Waals surface area contributed by atoms with Crippen LogP contribution in [0, 0.1) is 0 Å². The minimum absolute atomic E-state index is 0.0324. The van der Waals surface area contributed by atoms with Gasteiger partial charge >= 0.3 is 11.9 Å². The number of hydrogen-bond donors (Lipinski definition) is 0. The summed E-state index contributed by atoms with van der Waals surface area (Å²) in [5.41, 5.74) is 0. The second-order valence-corrected chi connectivity index (χ2v) is 32.6. The van der Waals surface area contributed by atoms with Crippen LogP contribution in [0.2, 0.25) is 0 Å². The summed E-state index contributed by atoms with van der Waals surface area (Å²) in [6, 6.07) is 0. The third-order valence-corrected chi connectivity index (χ3v) is 20.6. The molecule has 0 radical (unpaired) electrons. The molecule has 0 aromatic heterocycles. The van der Waals surface area contributed by atoms with Gasteiger partial charge in [-0.2, -0.15) is 0 Å². The van der Waals surface area contributed by atoms with Crippen molar-refractivity contribution in [3.05, 3.63) is 134 Å². The zero-order valence-electron chi connectivity index (χ0n) is 70.1. The van der Waals surface area contributed by atoms with E-state index in [0.717, 1.165) is 103 Å². The topological polar surface area (TPSA) is 111 Å². The maximum absolute atomic E-state index is 12.9. The van der Waals surface area contributed by atoms with Gasteiger partial charge in [0.1, 0.15) is 19.8 Å². The quantitative estimate of drug-likeness (QED) is 0.0195. The first-order valence-corrected chi connectivity index (χ1v) is 46.4. The first-order chi connectivity index (χ1) is 52.0. The van der Waals surface area contributed by atoms with E-state index >= 15 is 0 Å². The SMILES string of the molecule is CC/C=C\C/C=C\C/C=C\C/C=C\C/C=C\C/C=C\C/C=C\C/C=C\CCCCCCCCCCCCCCCCCCC(=O)OC(COC(=O)CCCCCCCCCCCCCCCCCCCCCCCCCCCC/C=C\C/C=C\C/C=C\CCCCCCC)COP(=O)([O-])OCC[N+](C)(C)C. The summed E-state index contributed by atoms with van der Waals surface area (Å²) in [6.45, 7) is 4.16. The lowest BCUT2D eigenvalue weighted by Crippen LogP contribution is -2.37. The van der Waals surface area contributed by atoms with E-state index in [1.54, 1.807) is 0 Å². The summed E-state index contributed by atoms with van der Waals surface area (Å²) < 4.78 is 34.5. The average Bonchev–Trinajstić information content (AvgIpc) is 0.908. The van der Waals surface area contributed by atoms with E-state index < -0.39 is 26.5 Å². The number of phosphoric acid groups is 1. The number of phosphoric ester groups is 1. The molecule has 10 heteroatoms. The van der Waals surface area contributed by atoms with Gasteiger partial charge in [-0.15, -0.1) is 0 Å². The molecule has 2 unspecified atom stereocenters. The molecule has 2 atom stereocenters. The number of rotatable bonds is 83. The Bertz CT molecular complexity index is 2260. The van der Waals surface area contributed by atoms with Gasteiger partial charge in [-0.05, 0) is 116 Å². The Kier molecular flexibility index (Phi) is 82.1. The Morgan fingerprint density at radius 1 is 0.302 bits per heavy atom. The number of allylic oxidation sites excluding steroid dienone is 22. The molecular weight excluding hydrogens is 1330 g/mol. The van der Waals surface area contributed by atoms with Crippen LogP contribution in [0.3, 0.4) is 0 Å². The fourth-order valence-electron chi connectivity index (χ4n) is 12.9. The molecule has 0 bridgehead atoms. The highest BCUT2D eigenvalue weighted by Crippen LogP contribution is 2.38. The Morgan fingerprint density at radius 3 is 0.802 bits per heavy atom. The second-order valence-electron chi connectivity index (χ2n) is 31.2. The van der Waals surface area contributed by atoms with Crippen LogP contribution in [-0.2, 0) is 32.7 Å². The first-order valence-electron chi connectivity index (χ1n) is 44.9. The van der Waals surface area contributed by atoms with E-state index in [-0.39, 0.29) is 32.0 Å². The minimum Gasteiger partial charge on any atom is -0.756 e. The van der Waals surface area contributed by atoms with Crippen LogP contribution in [0.25, 0.3) is 0 Å². The second kappa shape index (κ2) is 85.2. The van der Waals surface area contributed by atoms with E-state index in [2.05, 4.69) is 148 Å². The van der Waals surface area contributed by atoms with Crippen LogP contribution in [0.4, 0.5) is 0 Å². The third kappa shape index (κ3) is 89.0. The number of carbonyl (C=O) groups is 2. The van der Waals surface area contributed by atoms with Gasteiger partial charge in [0.25, 0.3) is 7.82 Å². The predicted molar refractivity (Wildman–Crippen MR) is 461 cm³/mol. The molecule has 9 nitrogen and oxygen atoms in total. The molecule has 0 N–H and O–H groups in total. The summed E-state index contributed by atoms with van der Waals surface area (Å²) in [6.07, 6.45) is 125. The van der Waals surface area contributed by atoms with Crippen molar-refractivity contribution in [1.29, 1.82) is 0 Å². The van der Waals surface area contributed by atoms with Crippen LogP contribution in [-0.4, -0.2) is 70.0 Å². The lowest BCUT2D eigenvalue weighted by molar-refractivity contribution is -0.870. The number of hydrogen-bond acceptors (Lipinski definition) is 8. The number of esters is 2. The summed E-state index contributed by atoms with van der Waals surface area (Å²) >= 11 is 0. The van der Waals surface area contributed by atoms with Crippen LogP contribution >= 0.6 is 7.82 Å². The number of likely N-dealkylation sites (N-methyl/N-ethyl adjacent to an activating group) is 1. The fraction of sp³-hybridized carbons (Fsp3) is 0.750. The zero-order chi connectivity index (χ0) is 76.8. The average molecular weight is 1500 g/mol. The third-order valence-electron chi connectivity index (χ3n) is 19.7. The maximum Gasteiger partial charge on any atom is 0.306 e. The zero-order valence-corrected chi connectivity index (χ0v) is 71.0. The molecule has 0 heterocycles. The first kappa shape index (κ1) is 102. The van der Waals surface area contributed by atoms with Crippen molar-refractivity contribution in [2.75, 3.05) is 47.5 Å². The van der Waals surface area contributed by atoms with E-state index in [9.17, 15) is 19.0 Å². The van der Waals surface area contributed by atoms with Gasteiger partial charge in [-0.25, -0.2) is 0 Å². The standard InChI is InChI=1S/C96H170NO8P/c1-6-8-10-12-14-16-18-20-22-24-26-28-30-32-34-36-38-40-42-44-46-48-50-52-54-56-58-60-62-64-66-68-70-72-74-76-78-80-82-84-86-88-95(98)102-92-94(93-104-106(100,101)103-91-90-97(3,4)5)105-96(99)89-87-85-83-81-79-77-75-73-71-69-67-65-63-61-59-57-55-53-51-49-47-45-43-41-39-37-35-33-31-29-27-25-23-21-19-17-15-13-11-9-7-2/h9,11,15,17-18,20-21,23-24,26-27,29-30,32-33,35,39,41,45,47,51,53,94H,6-8,10,12-14,16,19,22,25,28,31,34,36-38,40,42-44,46,48-50,52,54-93H2,1-5H3/b11-9-,17-15-,20-18-,23-21-,26-24-,29-27-,32-30-,35-33-,41-39-,47-45-,53-51-. The van der Waals surface area contributed by atoms with Gasteiger partial charge in [0.05, 0.1) is 27.7 Å². The Hall–Kier alpha value is -3.85. The minimum atomic E-state index is -4.65. The van der Waals surface area contributed by atoms with Crippen molar-refractivity contribution in [3.8, 4) is 0 Å². The molecule has 0 fully saturated rings. The van der Waals surface area contributed by atoms with Crippen LogP contribution in [0.5, 0.6) is 0 Å². The summed E-state index contributed by atoms with van der Waals surface area (Å²) in [4.78, 5) is 38.3. The van der Waals surface area contributed by atoms with Gasteiger partial charge in [0.15, 0.2) is 6.10 Å². The van der Waals surface area contributed by atoms with E-state index in [1.807, 2.05) is 21.1 Å². The number of nitrogens with zero attached hydrogens (tertiary/aromatic N) is 1. The Labute approximate surface area is 657 Å². The molecule has 0 spiro atoms. The molecule has 0 aromatic carbocycles. The van der Waals surface area contributed by atoms with Crippen LogP contribution in [0.1, 0.15) is 412 Å². The molecule has 0 aromatic rings. The molecule has 0 rings (SSSR count). The Balaban J connectivity index is 3.90. The molecular formula is C96H170NO8P. The molecule has 0 aliphatic carbocycles. The van der Waals surface area contributed by atoms with E-state index in [4.69, 9.17) is 18.5 Å². The number of carbonyl (C=O) groups excluding carboxylic acids is 2. The van der Waals surface area contributed by atoms with E-state index in [1.165, 1.54) is 276 Å². The summed E-state index contributed by atoms with van der Waals surface area (Å²) in [7, 11) is 1.18. The highest BCUT2D eigenvalue weighted by atomic mass is 31.2. The van der Waals surface area contributed by atoms with Crippen molar-refractivity contribution in [2.24, 2.45) is 0 Å². The molecule has 106 heavy (non-hydrogen) atoms. The smallest absolute Gasteiger partial charge is 0.306 e. The number of ether oxygens (including phenoxy) is 2. The monoisotopic (exact) mass is 1500 g/mol. The number of quaternary nitrogens is 1. The molecule has 0 aliphatic heterocycles. The van der Waals surface area contributed by atoms with Crippen molar-refractivity contribution in [3.63, 3.8) is 0 Å². The fourth-order valence-corrected chi connectivity index (χ4v) is 13.6. The summed E-state index contributed by atoms with van der Waals surface area (Å²) in [5, 5.41) is 0. The van der Waals surface area contributed by atoms with Gasteiger partial charge in [0, 0.05) is 12.8 Å². The van der Waals surface area contributed by atoms with Crippen molar-refractivity contribution in [1.82, 2.24) is 0 Å². The molecule has 0 aliphatic rings. The Morgan fingerprint density at radius 2 is 0.538 bits per heavy atom. The van der Waals surface area contributed by atoms with Crippen LogP contribution < -0.4 is 4.89 Å². The largest absolute Gasteiger partial charge is 0.756 e. The van der Waals surface area contributed by atoms with Crippen molar-refractivity contribution >= 4 is 19.8 Å². The highest BCUT2D eigenvalue weighted by Gasteiger charge is 2.22. The predicted octanol–water partition coefficient (Wildman–Crippen LogP) is 30.0. The lowest BCUT2D eigenvalue weighted by atomic mass is 10.0. The van der Waals surface area contributed by atoms with Gasteiger partial charge in [0.2, 0.25) is 0 Å². The molecule has 0 saturated carbocycles. The van der Waals surface area contributed by atoms with Gasteiger partial charge in [-0.1, -0.05) is 417 Å². The molecule has 0 saturated heterocycles. The highest BCUT2D eigenvalue weighted by molar-refractivity contribution is 7.45. The molecule has 612 valence electrons. The lowest BCUT2D eigenvalue weighted by Gasteiger charge is -2.28. The van der Waals surface area contributed by atoms with Crippen molar-refractivity contribution < 1.29 is 42.1 Å². The normalized spacial score (nSPS) is 13.6. The van der Waals surface area contributed by atoms with Gasteiger partial charge < -0.3 is 27.9 Å². The van der Waals surface area contributed by atoms with Gasteiger partial charge in [-0.3, -0.25) is 14.2 Å². The van der Waals surface area contributed by atoms with Crippen molar-refractivity contribution in [2.45, 2.75) is 418 Å². The van der Waals surface area contributed by atoms with Crippen LogP contribution in [0.15, 0.2) is 134 Å². The number of unbranched alkanes of at least 4 members (excludes halogenated alkanes) is 47. The summed E-state index contributed by atoms with van der Waals surface area (Å²) in [5.74, 6) is -0.818. The maximum atomic E-state index is 12.9. The van der Waals surface area contributed by atoms with E-state index in [0.29, 0.717) is 17.4 Å².